The molecule has 2 fully saturated rings. The number of aromatic nitrogens is 3. The summed E-state index contributed by atoms with van der Waals surface area (Å²) >= 11 is 0. The molecule has 8 nitrogen and oxygen atoms in total. The minimum absolute atomic E-state index is 0.0868. The number of sulfonamides is 1. The molecule has 5 rings (SSSR count). The first-order valence-corrected chi connectivity index (χ1v) is 13.1. The molecule has 2 saturated carbocycles. The summed E-state index contributed by atoms with van der Waals surface area (Å²) in [5.74, 6) is -5.73. The predicted octanol–water partition coefficient (Wildman–Crippen LogP) is 4.61. The molecular formula is C23H23F4N5O3S. The summed E-state index contributed by atoms with van der Waals surface area (Å²) in [5, 5.41) is 2.24. The maximum absolute atomic E-state index is 15.4. The minimum Gasteiger partial charge on any atom is -0.369 e. The van der Waals surface area contributed by atoms with E-state index >= 15 is 4.39 Å². The fourth-order valence-corrected chi connectivity index (χ4v) is 5.86. The number of carbonyl (C=O) groups is 1. The lowest BCUT2D eigenvalue weighted by atomic mass is 9.96. The Labute approximate surface area is 204 Å². The van der Waals surface area contributed by atoms with E-state index in [2.05, 4.69) is 20.3 Å². The molecule has 0 aliphatic heterocycles. The minimum atomic E-state index is -4.26. The van der Waals surface area contributed by atoms with Gasteiger partial charge in [-0.2, -0.15) is 0 Å². The molecule has 3 aromatic rings. The topological polar surface area (TPSA) is 117 Å². The summed E-state index contributed by atoms with van der Waals surface area (Å²) in [6.45, 7) is 0.623. The number of nitrogens with zero attached hydrogens (tertiary/aromatic N) is 2. The number of carbonyl (C=O) groups excluding carboxylic acids is 1. The molecule has 1 aromatic carbocycles. The highest BCUT2D eigenvalue weighted by molar-refractivity contribution is 7.93. The molecule has 192 valence electrons. The van der Waals surface area contributed by atoms with Gasteiger partial charge in [0.2, 0.25) is 21.7 Å². The Hall–Kier alpha value is -3.22. The van der Waals surface area contributed by atoms with Crippen LogP contribution in [-0.2, 0) is 10.0 Å². The number of aromatic amines is 1. The molecule has 0 spiro atoms. The van der Waals surface area contributed by atoms with E-state index < -0.39 is 62.7 Å². The standard InChI is InChI=1S/C23H23F4N5O3S/c24-15-3-4-16(32-36(34,35)13-5-7-23(26,27)8-6-13)19(25)18(15)20(33)14-10-29-22-17(14)21(30-11-31-22)28-9-12-1-2-12/h3-4,10-13,32H,1-2,5-9H2,(H2,28,29,30,31). The van der Waals surface area contributed by atoms with Crippen molar-refractivity contribution in [3.8, 4) is 0 Å². The van der Waals surface area contributed by atoms with Gasteiger partial charge in [-0.15, -0.1) is 0 Å². The Morgan fingerprint density at radius 2 is 1.83 bits per heavy atom. The molecule has 2 aromatic heterocycles. The number of benzene rings is 1. The molecule has 2 aliphatic rings. The van der Waals surface area contributed by atoms with Gasteiger partial charge in [-0.05, 0) is 43.7 Å². The zero-order chi connectivity index (χ0) is 25.7. The van der Waals surface area contributed by atoms with E-state index in [4.69, 9.17) is 0 Å². The lowest BCUT2D eigenvalue weighted by molar-refractivity contribution is -0.0328. The quantitative estimate of drug-likeness (QED) is 0.292. The number of nitrogens with one attached hydrogen (secondary N) is 3. The number of ketones is 1. The van der Waals surface area contributed by atoms with Crippen molar-refractivity contribution >= 4 is 38.3 Å². The summed E-state index contributed by atoms with van der Waals surface area (Å²) in [5.41, 5.74) is -1.39. The average molecular weight is 526 g/mol. The van der Waals surface area contributed by atoms with Crippen molar-refractivity contribution in [3.05, 3.63) is 47.4 Å². The zero-order valence-electron chi connectivity index (χ0n) is 19.0. The molecule has 36 heavy (non-hydrogen) atoms. The molecule has 2 aliphatic carbocycles. The smallest absolute Gasteiger partial charge is 0.248 e. The first-order valence-electron chi connectivity index (χ1n) is 11.5. The number of anilines is 2. The fraction of sp³-hybridized carbons (Fsp3) is 0.435. The van der Waals surface area contributed by atoms with Crippen molar-refractivity contribution in [1.82, 2.24) is 15.0 Å². The maximum atomic E-state index is 15.4. The van der Waals surface area contributed by atoms with Crippen LogP contribution in [0.25, 0.3) is 11.0 Å². The van der Waals surface area contributed by atoms with Crippen molar-refractivity contribution in [2.24, 2.45) is 5.92 Å². The van der Waals surface area contributed by atoms with Gasteiger partial charge in [0.25, 0.3) is 0 Å². The molecule has 2 heterocycles. The van der Waals surface area contributed by atoms with Gasteiger partial charge in [-0.1, -0.05) is 0 Å². The van der Waals surface area contributed by atoms with Gasteiger partial charge in [0.1, 0.15) is 23.6 Å². The summed E-state index contributed by atoms with van der Waals surface area (Å²) < 4.78 is 84.5. The monoisotopic (exact) mass is 525 g/mol. The van der Waals surface area contributed by atoms with Crippen molar-refractivity contribution in [1.29, 1.82) is 0 Å². The van der Waals surface area contributed by atoms with Crippen LogP contribution in [0.1, 0.15) is 54.4 Å². The van der Waals surface area contributed by atoms with Crippen LogP contribution in [-0.4, -0.2) is 46.9 Å². The molecule has 0 atom stereocenters. The van der Waals surface area contributed by atoms with Gasteiger partial charge < -0.3 is 10.3 Å². The fourth-order valence-electron chi connectivity index (χ4n) is 4.37. The summed E-state index contributed by atoms with van der Waals surface area (Å²) in [6, 6.07) is 1.64. The van der Waals surface area contributed by atoms with Crippen molar-refractivity contribution in [3.63, 3.8) is 0 Å². The molecule has 0 saturated heterocycles. The van der Waals surface area contributed by atoms with Gasteiger partial charge in [-0.3, -0.25) is 9.52 Å². The lowest BCUT2D eigenvalue weighted by Gasteiger charge is -2.28. The zero-order valence-corrected chi connectivity index (χ0v) is 19.8. The summed E-state index contributed by atoms with van der Waals surface area (Å²) in [4.78, 5) is 24.3. The van der Waals surface area contributed by atoms with Crippen molar-refractivity contribution in [2.75, 3.05) is 16.6 Å². The Morgan fingerprint density at radius 1 is 1.11 bits per heavy atom. The Kier molecular flexibility index (Phi) is 6.13. The van der Waals surface area contributed by atoms with E-state index in [0.29, 0.717) is 23.9 Å². The number of halogens is 4. The highest BCUT2D eigenvalue weighted by Gasteiger charge is 2.40. The normalized spacial score (nSPS) is 18.3. The van der Waals surface area contributed by atoms with E-state index in [1.54, 1.807) is 0 Å². The average Bonchev–Trinajstić information content (AvgIpc) is 3.55. The number of alkyl halides is 2. The SMILES string of the molecule is O=C(c1c(F)ccc(NS(=O)(=O)C2CCC(F)(F)CC2)c1F)c1c[nH]c2ncnc(NCC3CC3)c12. The van der Waals surface area contributed by atoms with Crippen LogP contribution < -0.4 is 10.0 Å². The van der Waals surface area contributed by atoms with E-state index in [0.717, 1.165) is 25.0 Å². The molecule has 0 unspecified atom stereocenters. The number of H-pyrrole nitrogens is 1. The second-order valence-electron chi connectivity index (χ2n) is 9.29. The molecule has 13 heteroatoms. The molecule has 0 radical (unpaired) electrons. The summed E-state index contributed by atoms with van der Waals surface area (Å²) in [6.07, 6.45) is 2.89. The number of rotatable bonds is 8. The highest BCUT2D eigenvalue weighted by Crippen LogP contribution is 2.37. The molecule has 0 bridgehead atoms. The largest absolute Gasteiger partial charge is 0.369 e. The van der Waals surface area contributed by atoms with Crippen LogP contribution in [0.5, 0.6) is 0 Å². The van der Waals surface area contributed by atoms with Crippen LogP contribution >= 0.6 is 0 Å². The Balaban J connectivity index is 1.45. The van der Waals surface area contributed by atoms with Crippen molar-refractivity contribution in [2.45, 2.75) is 49.7 Å². The number of fused-ring (bicyclic) bond motifs is 1. The Morgan fingerprint density at radius 3 is 2.53 bits per heavy atom. The van der Waals surface area contributed by atoms with Gasteiger partial charge in [0, 0.05) is 25.6 Å². The first kappa shape index (κ1) is 24.5. The highest BCUT2D eigenvalue weighted by atomic mass is 32.2. The van der Waals surface area contributed by atoms with E-state index in [1.165, 1.54) is 12.5 Å². The molecule has 3 N–H and O–H groups in total. The van der Waals surface area contributed by atoms with E-state index in [-0.39, 0.29) is 23.8 Å². The van der Waals surface area contributed by atoms with E-state index in [1.807, 2.05) is 4.72 Å². The Bertz CT molecular complexity index is 1430. The van der Waals surface area contributed by atoms with Gasteiger partial charge in [-0.25, -0.2) is 35.9 Å². The van der Waals surface area contributed by atoms with Gasteiger partial charge in [0.15, 0.2) is 5.82 Å². The maximum Gasteiger partial charge on any atom is 0.248 e. The van der Waals surface area contributed by atoms with Crippen LogP contribution in [0.15, 0.2) is 24.7 Å². The van der Waals surface area contributed by atoms with E-state index in [9.17, 15) is 26.4 Å². The molecule has 0 amide bonds. The van der Waals surface area contributed by atoms with Gasteiger partial charge in [0.05, 0.1) is 27.5 Å². The van der Waals surface area contributed by atoms with Crippen LogP contribution in [0.3, 0.4) is 0 Å². The second-order valence-corrected chi connectivity index (χ2v) is 11.2. The van der Waals surface area contributed by atoms with Crippen LogP contribution in [0, 0.1) is 17.6 Å². The number of hydrogen-bond acceptors (Lipinski definition) is 6. The number of hydrogen-bond donors (Lipinski definition) is 3. The third-order valence-corrected chi connectivity index (χ3v) is 8.50. The van der Waals surface area contributed by atoms with Crippen LogP contribution in [0.2, 0.25) is 0 Å². The lowest BCUT2D eigenvalue weighted by Crippen LogP contribution is -2.35. The van der Waals surface area contributed by atoms with Crippen molar-refractivity contribution < 1.29 is 30.8 Å². The first-order chi connectivity index (χ1) is 17.1. The third kappa shape index (κ3) is 4.75. The predicted molar refractivity (Wildman–Crippen MR) is 125 cm³/mol. The van der Waals surface area contributed by atoms with Gasteiger partial charge >= 0.3 is 0 Å². The third-order valence-electron chi connectivity index (χ3n) is 6.64. The molecular weight excluding hydrogens is 502 g/mol. The second kappa shape index (κ2) is 9.02. The van der Waals surface area contributed by atoms with Crippen LogP contribution in [0.4, 0.5) is 29.1 Å². The summed E-state index contributed by atoms with van der Waals surface area (Å²) in [7, 11) is -4.26.